The van der Waals surface area contributed by atoms with Gasteiger partial charge in [0.2, 0.25) is 0 Å². The van der Waals surface area contributed by atoms with Gasteiger partial charge in [0.15, 0.2) is 0 Å². The van der Waals surface area contributed by atoms with Crippen LogP contribution in [-0.2, 0) is 0 Å². The molecule has 1 N–H and O–H groups in total. The first kappa shape index (κ1) is 12.3. The number of aliphatic hydroxyl groups excluding tert-OH is 1. The summed E-state index contributed by atoms with van der Waals surface area (Å²) in [6.07, 6.45) is 6.46. The fourth-order valence-corrected chi connectivity index (χ4v) is 3.29. The summed E-state index contributed by atoms with van der Waals surface area (Å²) in [5, 5.41) is 10.0. The molecule has 0 aromatic carbocycles. The normalized spacial score (nSPS) is 35.2. The molecule has 0 amide bonds. The number of alkyl halides is 1. The second kappa shape index (κ2) is 5.97. The quantitative estimate of drug-likeness (QED) is 0.731. The van der Waals surface area contributed by atoms with Gasteiger partial charge < -0.3 is 10.0 Å². The topological polar surface area (TPSA) is 23.5 Å². The smallest absolute Gasteiger partial charge is 0.0894 e. The molecule has 16 heavy (non-hydrogen) atoms. The van der Waals surface area contributed by atoms with Crippen LogP contribution in [0.3, 0.4) is 0 Å². The van der Waals surface area contributed by atoms with Crippen molar-refractivity contribution in [3.8, 4) is 0 Å². The van der Waals surface area contributed by atoms with Crippen LogP contribution in [0.5, 0.6) is 0 Å². The first-order valence-corrected chi connectivity index (χ1v) is 6.77. The molecule has 2 nitrogen and oxygen atoms in total. The molecule has 2 bridgehead atoms. The lowest BCUT2D eigenvalue weighted by Gasteiger charge is -2.45. The van der Waals surface area contributed by atoms with E-state index in [9.17, 15) is 9.50 Å². The number of likely N-dealkylation sites (tertiary alicyclic amines) is 1. The number of halogens is 1. The highest BCUT2D eigenvalue weighted by Crippen LogP contribution is 2.34. The zero-order valence-electron chi connectivity index (χ0n) is 10.1. The Labute approximate surface area is 97.8 Å². The molecule has 2 fully saturated rings. The minimum absolute atomic E-state index is 0.0455. The van der Waals surface area contributed by atoms with E-state index in [4.69, 9.17) is 0 Å². The fourth-order valence-electron chi connectivity index (χ4n) is 3.29. The number of unbranched alkanes of at least 4 members (excludes halogenated alkanes) is 2. The molecule has 2 atom stereocenters. The molecule has 1 heterocycles. The van der Waals surface area contributed by atoms with Gasteiger partial charge in [-0.3, -0.25) is 4.39 Å². The molecule has 2 rings (SSSR count). The third-order valence-corrected chi connectivity index (χ3v) is 4.21. The van der Waals surface area contributed by atoms with Crippen molar-refractivity contribution < 1.29 is 9.50 Å². The molecule has 2 aliphatic rings. The molecule has 1 saturated heterocycles. The highest BCUT2D eigenvalue weighted by atomic mass is 19.1. The molecule has 0 radical (unpaired) electrons. The maximum Gasteiger partial charge on any atom is 0.0894 e. The van der Waals surface area contributed by atoms with Crippen LogP contribution >= 0.6 is 0 Å². The van der Waals surface area contributed by atoms with Gasteiger partial charge in [0.05, 0.1) is 12.8 Å². The molecule has 1 aliphatic heterocycles. The monoisotopic (exact) mass is 229 g/mol. The van der Waals surface area contributed by atoms with E-state index in [0.717, 1.165) is 32.5 Å². The molecular weight excluding hydrogens is 205 g/mol. The highest BCUT2D eigenvalue weighted by molar-refractivity contribution is 4.90. The van der Waals surface area contributed by atoms with Crippen LogP contribution in [0, 0.1) is 11.8 Å². The van der Waals surface area contributed by atoms with Crippen molar-refractivity contribution in [2.45, 2.75) is 44.6 Å². The summed E-state index contributed by atoms with van der Waals surface area (Å²) in [7, 11) is 0. The zero-order valence-corrected chi connectivity index (χ0v) is 10.1. The number of hydrogen-bond acceptors (Lipinski definition) is 2. The average molecular weight is 229 g/mol. The van der Waals surface area contributed by atoms with Gasteiger partial charge in [-0.2, -0.15) is 0 Å². The molecule has 1 aliphatic carbocycles. The van der Waals surface area contributed by atoms with Gasteiger partial charge in [-0.15, -0.1) is 0 Å². The van der Waals surface area contributed by atoms with Gasteiger partial charge in [-0.1, -0.05) is 6.42 Å². The summed E-state index contributed by atoms with van der Waals surface area (Å²) in [5.74, 6) is 1.02. The Bertz CT molecular complexity index is 198. The van der Waals surface area contributed by atoms with E-state index in [0.29, 0.717) is 18.3 Å². The predicted octanol–water partition coefficient (Wildman–Crippen LogP) is 2.22. The summed E-state index contributed by atoms with van der Waals surface area (Å²) in [6.45, 7) is 3.05. The maximum absolute atomic E-state index is 12.0. The first-order valence-electron chi connectivity index (χ1n) is 6.77. The van der Waals surface area contributed by atoms with Crippen LogP contribution in [0.4, 0.5) is 4.39 Å². The Morgan fingerprint density at radius 1 is 1.06 bits per heavy atom. The van der Waals surface area contributed by atoms with E-state index in [2.05, 4.69) is 4.90 Å². The van der Waals surface area contributed by atoms with E-state index >= 15 is 0 Å². The Balaban J connectivity index is 1.72. The lowest BCUT2D eigenvalue weighted by Crippen LogP contribution is -2.51. The molecule has 1 saturated carbocycles. The number of rotatable bonds is 5. The standard InChI is InChI=1S/C13H24FNO/c14-7-2-1-3-8-15-9-11-5-4-6-12(10-15)13(11)16/h11-13,16H,1-10H2. The second-order valence-corrected chi connectivity index (χ2v) is 5.45. The van der Waals surface area contributed by atoms with Gasteiger partial charge >= 0.3 is 0 Å². The van der Waals surface area contributed by atoms with Crippen LogP contribution < -0.4 is 0 Å². The molecule has 2 unspecified atom stereocenters. The van der Waals surface area contributed by atoms with Crippen LogP contribution in [-0.4, -0.2) is 42.4 Å². The molecule has 0 spiro atoms. The highest BCUT2D eigenvalue weighted by Gasteiger charge is 2.37. The average Bonchev–Trinajstić information content (AvgIpc) is 2.25. The summed E-state index contributed by atoms with van der Waals surface area (Å²) in [6, 6.07) is 0. The summed E-state index contributed by atoms with van der Waals surface area (Å²) >= 11 is 0. The van der Waals surface area contributed by atoms with Gasteiger partial charge in [0.1, 0.15) is 0 Å². The van der Waals surface area contributed by atoms with Crippen LogP contribution in [0.25, 0.3) is 0 Å². The van der Waals surface area contributed by atoms with E-state index < -0.39 is 0 Å². The largest absolute Gasteiger partial charge is 0.392 e. The lowest BCUT2D eigenvalue weighted by molar-refractivity contribution is -0.0495. The Morgan fingerprint density at radius 3 is 2.38 bits per heavy atom. The third kappa shape index (κ3) is 2.95. The van der Waals surface area contributed by atoms with Crippen molar-refractivity contribution in [2.24, 2.45) is 11.8 Å². The molecule has 0 aromatic heterocycles. The second-order valence-electron chi connectivity index (χ2n) is 5.45. The lowest BCUT2D eigenvalue weighted by atomic mass is 9.75. The van der Waals surface area contributed by atoms with E-state index in [1.807, 2.05) is 0 Å². The van der Waals surface area contributed by atoms with Gasteiger partial charge in [0, 0.05) is 13.1 Å². The van der Waals surface area contributed by atoms with E-state index in [1.54, 1.807) is 0 Å². The van der Waals surface area contributed by atoms with Crippen molar-refractivity contribution in [3.63, 3.8) is 0 Å². The molecule has 94 valence electrons. The number of aliphatic hydroxyl groups is 1. The summed E-state index contributed by atoms with van der Waals surface area (Å²) in [4.78, 5) is 2.49. The number of piperidine rings is 1. The number of nitrogens with zero attached hydrogens (tertiary/aromatic N) is 1. The van der Waals surface area contributed by atoms with Crippen LogP contribution in [0.2, 0.25) is 0 Å². The Hall–Kier alpha value is -0.150. The number of fused-ring (bicyclic) bond motifs is 2. The minimum atomic E-state index is -0.177. The SMILES string of the molecule is OC1C2CCCC1CN(CCCCCF)C2. The first-order chi connectivity index (χ1) is 7.81. The van der Waals surface area contributed by atoms with E-state index in [-0.39, 0.29) is 12.8 Å². The molecular formula is C13H24FNO. The van der Waals surface area contributed by atoms with Crippen molar-refractivity contribution in [1.29, 1.82) is 0 Å². The Kier molecular flexibility index (Phi) is 4.59. The third-order valence-electron chi connectivity index (χ3n) is 4.21. The van der Waals surface area contributed by atoms with Crippen molar-refractivity contribution >= 4 is 0 Å². The predicted molar refractivity (Wildman–Crippen MR) is 63.1 cm³/mol. The van der Waals surface area contributed by atoms with Gasteiger partial charge in [-0.25, -0.2) is 0 Å². The van der Waals surface area contributed by atoms with Crippen LogP contribution in [0.15, 0.2) is 0 Å². The van der Waals surface area contributed by atoms with Crippen molar-refractivity contribution in [1.82, 2.24) is 4.90 Å². The fraction of sp³-hybridized carbons (Fsp3) is 1.00. The molecule has 0 aromatic rings. The van der Waals surface area contributed by atoms with Gasteiger partial charge in [-0.05, 0) is 50.5 Å². The number of hydrogen-bond donors (Lipinski definition) is 1. The Morgan fingerprint density at radius 2 is 1.75 bits per heavy atom. The van der Waals surface area contributed by atoms with E-state index in [1.165, 1.54) is 19.3 Å². The van der Waals surface area contributed by atoms with Crippen molar-refractivity contribution in [3.05, 3.63) is 0 Å². The summed E-state index contributed by atoms with van der Waals surface area (Å²) < 4.78 is 12.0. The minimum Gasteiger partial charge on any atom is -0.392 e. The van der Waals surface area contributed by atoms with Gasteiger partial charge in [0.25, 0.3) is 0 Å². The van der Waals surface area contributed by atoms with Crippen molar-refractivity contribution in [2.75, 3.05) is 26.3 Å². The summed E-state index contributed by atoms with van der Waals surface area (Å²) in [5.41, 5.74) is 0. The van der Waals surface area contributed by atoms with Crippen LogP contribution in [0.1, 0.15) is 38.5 Å². The molecule has 3 heteroatoms. The maximum atomic E-state index is 12.0. The zero-order chi connectivity index (χ0) is 11.4.